The van der Waals surface area contributed by atoms with E-state index in [9.17, 15) is 0 Å². The van der Waals surface area contributed by atoms with Gasteiger partial charge in [-0.2, -0.15) is 0 Å². The lowest BCUT2D eigenvalue weighted by atomic mass is 9.62. The Morgan fingerprint density at radius 2 is 2.07 bits per heavy atom. The van der Waals surface area contributed by atoms with Gasteiger partial charge in [-0.25, -0.2) is 0 Å². The van der Waals surface area contributed by atoms with Crippen LogP contribution < -0.4 is 10.9 Å². The van der Waals surface area contributed by atoms with Gasteiger partial charge in [0.2, 0.25) is 0 Å². The Balaban J connectivity index is 1.60. The topological polar surface area (TPSA) is 24.1 Å². The van der Waals surface area contributed by atoms with E-state index < -0.39 is 0 Å². The molecule has 84 valence electrons. The maximum Gasteiger partial charge on any atom is 0.0256 e. The Bertz CT molecular complexity index is 290. The van der Waals surface area contributed by atoms with Crippen molar-refractivity contribution in [3.8, 4) is 0 Å². The Kier molecular flexibility index (Phi) is 1.67. The first-order valence-corrected chi connectivity index (χ1v) is 6.75. The van der Waals surface area contributed by atoms with Crippen LogP contribution in [-0.2, 0) is 0 Å². The van der Waals surface area contributed by atoms with E-state index in [1.807, 2.05) is 0 Å². The van der Waals surface area contributed by atoms with Gasteiger partial charge in [0.05, 0.1) is 0 Å². The van der Waals surface area contributed by atoms with Gasteiger partial charge in [0.15, 0.2) is 0 Å². The average Bonchev–Trinajstić information content (AvgIpc) is 2.69. The molecular weight excluding hydrogens is 184 g/mol. The minimum absolute atomic E-state index is 0.769. The average molecular weight is 206 g/mol. The first-order valence-electron chi connectivity index (χ1n) is 6.75. The van der Waals surface area contributed by atoms with Crippen LogP contribution in [0.1, 0.15) is 39.0 Å². The maximum atomic E-state index is 3.48. The van der Waals surface area contributed by atoms with E-state index in [1.165, 1.54) is 32.2 Å². The summed E-state index contributed by atoms with van der Waals surface area (Å²) in [5, 5.41) is 0. The molecule has 0 aromatic heterocycles. The first-order chi connectivity index (χ1) is 7.26. The van der Waals surface area contributed by atoms with Crippen molar-refractivity contribution >= 4 is 0 Å². The van der Waals surface area contributed by atoms with E-state index in [4.69, 9.17) is 0 Å². The van der Waals surface area contributed by atoms with Gasteiger partial charge in [0.25, 0.3) is 0 Å². The monoisotopic (exact) mass is 206 g/mol. The number of hydrazine groups is 1. The second-order valence-corrected chi connectivity index (χ2v) is 6.79. The largest absolute Gasteiger partial charge is 0.257 e. The first kappa shape index (κ1) is 9.00. The highest BCUT2D eigenvalue weighted by molar-refractivity contribution is 5.09. The lowest BCUT2D eigenvalue weighted by molar-refractivity contribution is 0.0731. The second kappa shape index (κ2) is 2.78. The molecule has 4 rings (SSSR count). The summed E-state index contributed by atoms with van der Waals surface area (Å²) in [6, 6.07) is 0.796. The van der Waals surface area contributed by atoms with E-state index in [0.717, 1.165) is 35.1 Å². The molecule has 3 aliphatic carbocycles. The van der Waals surface area contributed by atoms with E-state index in [0.29, 0.717) is 0 Å². The van der Waals surface area contributed by atoms with E-state index in [-0.39, 0.29) is 0 Å². The standard InChI is InChI=1S/C13H22N2/c1-13-5-9(13)4-8-2-3-12-11(7-14-15-12)10(8)6-13/h8-12,14-15H,2-7H2,1H3. The van der Waals surface area contributed by atoms with Crippen LogP contribution in [0.25, 0.3) is 0 Å². The van der Waals surface area contributed by atoms with Crippen LogP contribution in [0.5, 0.6) is 0 Å². The van der Waals surface area contributed by atoms with Gasteiger partial charge in [-0.05, 0) is 61.2 Å². The van der Waals surface area contributed by atoms with E-state index >= 15 is 0 Å². The normalized spacial score (nSPS) is 61.8. The van der Waals surface area contributed by atoms with Gasteiger partial charge in [-0.15, -0.1) is 0 Å². The second-order valence-electron chi connectivity index (χ2n) is 6.79. The molecule has 2 N–H and O–H groups in total. The molecule has 0 amide bonds. The quantitative estimate of drug-likeness (QED) is 0.633. The summed E-state index contributed by atoms with van der Waals surface area (Å²) < 4.78 is 0. The summed E-state index contributed by atoms with van der Waals surface area (Å²) in [6.45, 7) is 3.76. The predicted octanol–water partition coefficient (Wildman–Crippen LogP) is 1.93. The fourth-order valence-corrected chi connectivity index (χ4v) is 4.89. The molecule has 0 spiro atoms. The lowest BCUT2D eigenvalue weighted by Crippen LogP contribution is -2.43. The van der Waals surface area contributed by atoms with Crippen molar-refractivity contribution in [1.29, 1.82) is 0 Å². The maximum absolute atomic E-state index is 3.48. The van der Waals surface area contributed by atoms with Crippen molar-refractivity contribution in [1.82, 2.24) is 10.9 Å². The highest BCUT2D eigenvalue weighted by atomic mass is 15.4. The summed E-state index contributed by atoms with van der Waals surface area (Å²) in [5.74, 6) is 4.17. The zero-order valence-corrected chi connectivity index (χ0v) is 9.63. The third kappa shape index (κ3) is 1.18. The zero-order chi connectivity index (χ0) is 10.0. The van der Waals surface area contributed by atoms with Gasteiger partial charge in [-0.1, -0.05) is 6.92 Å². The molecule has 4 aliphatic rings. The van der Waals surface area contributed by atoms with Gasteiger partial charge in [-0.3, -0.25) is 10.9 Å². The van der Waals surface area contributed by atoms with Crippen molar-refractivity contribution in [2.45, 2.75) is 45.1 Å². The zero-order valence-electron chi connectivity index (χ0n) is 9.63. The summed E-state index contributed by atoms with van der Waals surface area (Å²) in [7, 11) is 0. The molecular formula is C13H22N2. The SMILES string of the molecule is CC12CC3C(CCC4NNCC43)CC1C2. The molecule has 1 aliphatic heterocycles. The Labute approximate surface area is 92.2 Å². The van der Waals surface area contributed by atoms with Crippen molar-refractivity contribution < 1.29 is 0 Å². The molecule has 0 aromatic rings. The van der Waals surface area contributed by atoms with Crippen LogP contribution >= 0.6 is 0 Å². The van der Waals surface area contributed by atoms with E-state index in [1.54, 1.807) is 6.42 Å². The van der Waals surface area contributed by atoms with Gasteiger partial charge in [0, 0.05) is 12.6 Å². The minimum atomic E-state index is 0.769. The Morgan fingerprint density at radius 3 is 3.00 bits per heavy atom. The fourth-order valence-electron chi connectivity index (χ4n) is 4.89. The summed E-state index contributed by atoms with van der Waals surface area (Å²) >= 11 is 0. The van der Waals surface area contributed by atoms with Crippen molar-refractivity contribution in [2.75, 3.05) is 6.54 Å². The molecule has 1 heterocycles. The van der Waals surface area contributed by atoms with Crippen LogP contribution in [0, 0.1) is 29.1 Å². The number of hydrogen-bond acceptors (Lipinski definition) is 2. The highest BCUT2D eigenvalue weighted by Gasteiger charge is 2.58. The molecule has 15 heavy (non-hydrogen) atoms. The van der Waals surface area contributed by atoms with Crippen molar-refractivity contribution in [3.05, 3.63) is 0 Å². The molecule has 1 saturated heterocycles. The summed E-state index contributed by atoms with van der Waals surface area (Å²) in [4.78, 5) is 0. The van der Waals surface area contributed by atoms with Gasteiger partial charge in [0.1, 0.15) is 0 Å². The predicted molar refractivity (Wildman–Crippen MR) is 60.1 cm³/mol. The third-order valence-electron chi connectivity index (χ3n) is 5.97. The van der Waals surface area contributed by atoms with Crippen LogP contribution in [0.3, 0.4) is 0 Å². The van der Waals surface area contributed by atoms with Crippen molar-refractivity contribution in [3.63, 3.8) is 0 Å². The molecule has 3 saturated carbocycles. The van der Waals surface area contributed by atoms with Gasteiger partial charge < -0.3 is 0 Å². The van der Waals surface area contributed by atoms with Crippen LogP contribution in [0.2, 0.25) is 0 Å². The molecule has 2 nitrogen and oxygen atoms in total. The summed E-state index contributed by atoms with van der Waals surface area (Å²) in [6.07, 6.45) is 7.55. The van der Waals surface area contributed by atoms with E-state index in [2.05, 4.69) is 17.8 Å². The Morgan fingerprint density at radius 1 is 1.13 bits per heavy atom. The van der Waals surface area contributed by atoms with Crippen LogP contribution in [0.15, 0.2) is 0 Å². The summed E-state index contributed by atoms with van der Waals surface area (Å²) in [5.41, 5.74) is 7.64. The van der Waals surface area contributed by atoms with Gasteiger partial charge >= 0.3 is 0 Å². The molecule has 0 radical (unpaired) electrons. The van der Waals surface area contributed by atoms with Crippen LogP contribution in [0.4, 0.5) is 0 Å². The smallest absolute Gasteiger partial charge is 0.0256 e. The highest BCUT2D eigenvalue weighted by Crippen LogP contribution is 2.66. The number of fused-ring (bicyclic) bond motifs is 4. The molecule has 4 fully saturated rings. The lowest BCUT2D eigenvalue weighted by Gasteiger charge is -2.44. The minimum Gasteiger partial charge on any atom is -0.257 e. The number of rotatable bonds is 0. The van der Waals surface area contributed by atoms with Crippen molar-refractivity contribution in [2.24, 2.45) is 29.1 Å². The molecule has 2 heteroatoms. The molecule has 0 bridgehead atoms. The number of hydrogen-bond donors (Lipinski definition) is 2. The molecule has 6 unspecified atom stereocenters. The third-order valence-corrected chi connectivity index (χ3v) is 5.97. The number of nitrogens with one attached hydrogen (secondary N) is 2. The fraction of sp³-hybridized carbons (Fsp3) is 1.00. The Hall–Kier alpha value is -0.0800. The molecule has 6 atom stereocenters. The van der Waals surface area contributed by atoms with Crippen LogP contribution in [-0.4, -0.2) is 12.6 Å². The molecule has 0 aromatic carbocycles.